The van der Waals surface area contributed by atoms with Gasteiger partial charge in [-0.05, 0) is 30.2 Å². The molecule has 0 spiro atoms. The Balaban J connectivity index is 1.92. The zero-order valence-corrected chi connectivity index (χ0v) is 9.56. The number of rotatable bonds is 4. The first-order chi connectivity index (χ1) is 8.25. The van der Waals surface area contributed by atoms with E-state index in [1.807, 2.05) is 18.2 Å². The summed E-state index contributed by atoms with van der Waals surface area (Å²) >= 11 is 0. The van der Waals surface area contributed by atoms with E-state index in [-0.39, 0.29) is 5.75 Å². The van der Waals surface area contributed by atoms with Crippen molar-refractivity contribution in [2.24, 2.45) is 0 Å². The lowest BCUT2D eigenvalue weighted by molar-refractivity contribution is 0.477. The zero-order valence-electron chi connectivity index (χ0n) is 9.56. The Bertz CT molecular complexity index is 483. The SMILES string of the molecule is Nc1ccc(O)c(NCCc2ccccc2)c1. The Hall–Kier alpha value is -2.16. The Morgan fingerprint density at radius 2 is 1.82 bits per heavy atom. The number of hydrogen-bond donors (Lipinski definition) is 3. The van der Waals surface area contributed by atoms with Gasteiger partial charge in [-0.1, -0.05) is 30.3 Å². The highest BCUT2D eigenvalue weighted by molar-refractivity contribution is 5.62. The number of nitrogens with one attached hydrogen (secondary N) is 1. The standard InChI is InChI=1S/C14H16N2O/c15-12-6-7-14(17)13(10-12)16-9-8-11-4-2-1-3-5-11/h1-7,10,16-17H,8-9,15H2. The summed E-state index contributed by atoms with van der Waals surface area (Å²) in [5, 5.41) is 12.8. The van der Waals surface area contributed by atoms with E-state index in [4.69, 9.17) is 5.73 Å². The van der Waals surface area contributed by atoms with Gasteiger partial charge in [0.15, 0.2) is 0 Å². The van der Waals surface area contributed by atoms with E-state index in [0.29, 0.717) is 11.4 Å². The van der Waals surface area contributed by atoms with Gasteiger partial charge < -0.3 is 16.2 Å². The Labute approximate surface area is 101 Å². The minimum Gasteiger partial charge on any atom is -0.506 e. The van der Waals surface area contributed by atoms with Crippen LogP contribution in [0.1, 0.15) is 5.56 Å². The van der Waals surface area contributed by atoms with Crippen molar-refractivity contribution in [3.63, 3.8) is 0 Å². The van der Waals surface area contributed by atoms with Crippen LogP contribution >= 0.6 is 0 Å². The van der Waals surface area contributed by atoms with Gasteiger partial charge in [0.2, 0.25) is 0 Å². The van der Waals surface area contributed by atoms with Crippen molar-refractivity contribution in [1.29, 1.82) is 0 Å². The topological polar surface area (TPSA) is 58.3 Å². The lowest BCUT2D eigenvalue weighted by Gasteiger charge is -2.09. The predicted octanol–water partition coefficient (Wildman–Crippen LogP) is 2.63. The largest absolute Gasteiger partial charge is 0.506 e. The quantitative estimate of drug-likeness (QED) is 0.428. The maximum Gasteiger partial charge on any atom is 0.138 e. The molecular weight excluding hydrogens is 212 g/mol. The number of anilines is 2. The molecule has 3 heteroatoms. The summed E-state index contributed by atoms with van der Waals surface area (Å²) in [6.07, 6.45) is 0.912. The second-order valence-corrected chi connectivity index (χ2v) is 3.94. The van der Waals surface area contributed by atoms with E-state index in [2.05, 4.69) is 17.4 Å². The molecular formula is C14H16N2O. The molecule has 4 N–H and O–H groups in total. The highest BCUT2D eigenvalue weighted by Gasteiger charge is 2.00. The van der Waals surface area contributed by atoms with E-state index in [9.17, 15) is 5.11 Å². The van der Waals surface area contributed by atoms with Crippen LogP contribution in [0.5, 0.6) is 5.75 Å². The number of benzene rings is 2. The molecule has 0 aliphatic rings. The first-order valence-corrected chi connectivity index (χ1v) is 5.62. The fourth-order valence-electron chi connectivity index (χ4n) is 1.68. The summed E-state index contributed by atoms with van der Waals surface area (Å²) in [4.78, 5) is 0. The van der Waals surface area contributed by atoms with Gasteiger partial charge in [-0.15, -0.1) is 0 Å². The molecule has 2 rings (SSSR count). The minimum absolute atomic E-state index is 0.229. The summed E-state index contributed by atoms with van der Waals surface area (Å²) in [7, 11) is 0. The van der Waals surface area contributed by atoms with Crippen molar-refractivity contribution < 1.29 is 5.11 Å². The van der Waals surface area contributed by atoms with Gasteiger partial charge in [0.05, 0.1) is 5.69 Å². The summed E-state index contributed by atoms with van der Waals surface area (Å²) in [5.41, 5.74) is 8.25. The van der Waals surface area contributed by atoms with Gasteiger partial charge in [-0.25, -0.2) is 0 Å². The molecule has 2 aromatic rings. The van der Waals surface area contributed by atoms with Crippen LogP contribution in [-0.4, -0.2) is 11.7 Å². The monoisotopic (exact) mass is 228 g/mol. The molecule has 0 fully saturated rings. The molecule has 0 amide bonds. The van der Waals surface area contributed by atoms with Gasteiger partial charge in [0.25, 0.3) is 0 Å². The van der Waals surface area contributed by atoms with Crippen LogP contribution in [0.3, 0.4) is 0 Å². The number of hydrogen-bond acceptors (Lipinski definition) is 3. The number of aromatic hydroxyl groups is 1. The van der Waals surface area contributed by atoms with Crippen molar-refractivity contribution in [2.45, 2.75) is 6.42 Å². The lowest BCUT2D eigenvalue weighted by atomic mass is 10.1. The van der Waals surface area contributed by atoms with Crippen LogP contribution < -0.4 is 11.1 Å². The fourth-order valence-corrected chi connectivity index (χ4v) is 1.68. The van der Waals surface area contributed by atoms with Gasteiger partial charge in [-0.3, -0.25) is 0 Å². The third-order valence-electron chi connectivity index (χ3n) is 2.59. The Morgan fingerprint density at radius 1 is 1.06 bits per heavy atom. The molecule has 0 aliphatic carbocycles. The average molecular weight is 228 g/mol. The third kappa shape index (κ3) is 3.14. The summed E-state index contributed by atoms with van der Waals surface area (Å²) in [6, 6.07) is 15.2. The van der Waals surface area contributed by atoms with Crippen LogP contribution in [0, 0.1) is 0 Å². The van der Waals surface area contributed by atoms with E-state index >= 15 is 0 Å². The van der Waals surface area contributed by atoms with E-state index in [1.54, 1.807) is 18.2 Å². The normalized spacial score (nSPS) is 10.1. The summed E-state index contributed by atoms with van der Waals surface area (Å²) in [5.74, 6) is 0.229. The fraction of sp³-hybridized carbons (Fsp3) is 0.143. The third-order valence-corrected chi connectivity index (χ3v) is 2.59. The Kier molecular flexibility index (Phi) is 3.50. The molecule has 0 atom stereocenters. The van der Waals surface area contributed by atoms with Crippen LogP contribution in [0.4, 0.5) is 11.4 Å². The molecule has 0 unspecified atom stereocenters. The van der Waals surface area contributed by atoms with E-state index in [1.165, 1.54) is 5.56 Å². The zero-order chi connectivity index (χ0) is 12.1. The molecule has 0 saturated heterocycles. The molecule has 0 heterocycles. The van der Waals surface area contributed by atoms with Crippen molar-refractivity contribution in [1.82, 2.24) is 0 Å². The Morgan fingerprint density at radius 3 is 2.59 bits per heavy atom. The molecule has 0 radical (unpaired) electrons. The number of nitrogens with two attached hydrogens (primary N) is 1. The second-order valence-electron chi connectivity index (χ2n) is 3.94. The predicted molar refractivity (Wildman–Crippen MR) is 71.2 cm³/mol. The van der Waals surface area contributed by atoms with E-state index in [0.717, 1.165) is 13.0 Å². The molecule has 2 aromatic carbocycles. The van der Waals surface area contributed by atoms with Crippen molar-refractivity contribution in [2.75, 3.05) is 17.6 Å². The number of phenols is 1. The number of nitrogen functional groups attached to an aromatic ring is 1. The molecule has 17 heavy (non-hydrogen) atoms. The van der Waals surface area contributed by atoms with Gasteiger partial charge in [0.1, 0.15) is 5.75 Å². The molecule has 3 nitrogen and oxygen atoms in total. The number of phenolic OH excluding ortho intramolecular Hbond substituents is 1. The van der Waals surface area contributed by atoms with Gasteiger partial charge in [-0.2, -0.15) is 0 Å². The van der Waals surface area contributed by atoms with Crippen LogP contribution in [-0.2, 0) is 6.42 Å². The molecule has 0 bridgehead atoms. The summed E-state index contributed by atoms with van der Waals surface area (Å²) < 4.78 is 0. The molecule has 0 aliphatic heterocycles. The minimum atomic E-state index is 0.229. The van der Waals surface area contributed by atoms with Crippen molar-refractivity contribution in [3.8, 4) is 5.75 Å². The van der Waals surface area contributed by atoms with Crippen LogP contribution in [0.15, 0.2) is 48.5 Å². The first kappa shape index (κ1) is 11.3. The molecule has 88 valence electrons. The van der Waals surface area contributed by atoms with Crippen LogP contribution in [0.25, 0.3) is 0 Å². The smallest absolute Gasteiger partial charge is 0.138 e. The lowest BCUT2D eigenvalue weighted by Crippen LogP contribution is -2.05. The van der Waals surface area contributed by atoms with Crippen molar-refractivity contribution in [3.05, 3.63) is 54.1 Å². The second kappa shape index (κ2) is 5.25. The van der Waals surface area contributed by atoms with Crippen molar-refractivity contribution >= 4 is 11.4 Å². The maximum absolute atomic E-state index is 9.61. The van der Waals surface area contributed by atoms with Crippen LogP contribution in [0.2, 0.25) is 0 Å². The highest BCUT2D eigenvalue weighted by atomic mass is 16.3. The molecule has 0 aromatic heterocycles. The molecule has 0 saturated carbocycles. The maximum atomic E-state index is 9.61. The first-order valence-electron chi connectivity index (χ1n) is 5.62. The van der Waals surface area contributed by atoms with Gasteiger partial charge >= 0.3 is 0 Å². The van der Waals surface area contributed by atoms with E-state index < -0.39 is 0 Å². The summed E-state index contributed by atoms with van der Waals surface area (Å²) in [6.45, 7) is 0.765. The average Bonchev–Trinajstić information content (AvgIpc) is 2.35. The van der Waals surface area contributed by atoms with Gasteiger partial charge in [0, 0.05) is 12.2 Å². The highest BCUT2D eigenvalue weighted by Crippen LogP contribution is 2.24.